The Morgan fingerprint density at radius 2 is 1.78 bits per heavy atom. The topological polar surface area (TPSA) is 48.6 Å². The van der Waals surface area contributed by atoms with Gasteiger partial charge in [0.15, 0.2) is 11.6 Å². The van der Waals surface area contributed by atoms with Gasteiger partial charge in [-0.3, -0.25) is 9.80 Å². The molecule has 4 heterocycles. The van der Waals surface area contributed by atoms with Gasteiger partial charge in [-0.05, 0) is 58.0 Å². The van der Waals surface area contributed by atoms with Crippen molar-refractivity contribution in [1.29, 1.82) is 0 Å². The van der Waals surface area contributed by atoms with E-state index in [1.54, 1.807) is 6.26 Å². The molecule has 0 aliphatic carbocycles. The van der Waals surface area contributed by atoms with Crippen molar-refractivity contribution in [3.05, 3.63) is 36.4 Å². The SMILES string of the molecule is CC(C1CCN(Cc2cnc(-c3ccco3)nc2)CC1)N1CCN(C)CC1. The summed E-state index contributed by atoms with van der Waals surface area (Å²) in [4.78, 5) is 16.6. The largest absolute Gasteiger partial charge is 0.461 e. The highest BCUT2D eigenvalue weighted by molar-refractivity contribution is 5.45. The lowest BCUT2D eigenvalue weighted by atomic mass is 9.89. The molecular weight excluding hydrogens is 338 g/mol. The highest BCUT2D eigenvalue weighted by Gasteiger charge is 2.29. The second kappa shape index (κ2) is 8.50. The van der Waals surface area contributed by atoms with Gasteiger partial charge in [-0.25, -0.2) is 9.97 Å². The predicted molar refractivity (Wildman–Crippen MR) is 106 cm³/mol. The van der Waals surface area contributed by atoms with E-state index in [1.807, 2.05) is 24.5 Å². The van der Waals surface area contributed by atoms with E-state index in [1.165, 1.54) is 57.7 Å². The van der Waals surface area contributed by atoms with E-state index in [-0.39, 0.29) is 0 Å². The number of hydrogen-bond acceptors (Lipinski definition) is 6. The third-order valence-corrected chi connectivity index (χ3v) is 6.28. The molecule has 1 atom stereocenters. The molecule has 0 bridgehead atoms. The number of hydrogen-bond donors (Lipinski definition) is 0. The Morgan fingerprint density at radius 1 is 1.07 bits per heavy atom. The van der Waals surface area contributed by atoms with Crippen molar-refractivity contribution in [1.82, 2.24) is 24.7 Å². The minimum Gasteiger partial charge on any atom is -0.461 e. The third-order valence-electron chi connectivity index (χ3n) is 6.28. The van der Waals surface area contributed by atoms with Crippen molar-refractivity contribution in [3.8, 4) is 11.6 Å². The molecular formula is C21H31N5O. The van der Waals surface area contributed by atoms with Crippen molar-refractivity contribution in [3.63, 3.8) is 0 Å². The van der Waals surface area contributed by atoms with Gasteiger partial charge in [0.25, 0.3) is 0 Å². The number of nitrogens with zero attached hydrogens (tertiary/aromatic N) is 5. The number of rotatable bonds is 5. The maximum atomic E-state index is 5.36. The molecule has 27 heavy (non-hydrogen) atoms. The van der Waals surface area contributed by atoms with E-state index in [4.69, 9.17) is 4.42 Å². The minimum absolute atomic E-state index is 0.656. The molecule has 0 radical (unpaired) electrons. The molecule has 6 nitrogen and oxygen atoms in total. The lowest BCUT2D eigenvalue weighted by Crippen LogP contribution is -2.51. The van der Waals surface area contributed by atoms with Crippen LogP contribution in [0.15, 0.2) is 35.2 Å². The molecule has 0 saturated carbocycles. The van der Waals surface area contributed by atoms with Crippen LogP contribution in [0, 0.1) is 5.92 Å². The summed E-state index contributed by atoms with van der Waals surface area (Å²) in [6.07, 6.45) is 8.10. The average molecular weight is 370 g/mol. The zero-order chi connectivity index (χ0) is 18.6. The summed E-state index contributed by atoms with van der Waals surface area (Å²) in [7, 11) is 2.23. The number of piperazine rings is 1. The quantitative estimate of drug-likeness (QED) is 0.807. The lowest BCUT2D eigenvalue weighted by molar-refractivity contribution is 0.0598. The predicted octanol–water partition coefficient (Wildman–Crippen LogP) is 2.58. The Balaban J connectivity index is 1.26. The number of furan rings is 1. The molecule has 0 amide bonds. The smallest absolute Gasteiger partial charge is 0.195 e. The zero-order valence-electron chi connectivity index (χ0n) is 16.5. The Kier molecular flexibility index (Phi) is 5.86. The van der Waals surface area contributed by atoms with Gasteiger partial charge >= 0.3 is 0 Å². The average Bonchev–Trinajstić information content (AvgIpc) is 3.24. The van der Waals surface area contributed by atoms with Crippen LogP contribution < -0.4 is 0 Å². The van der Waals surface area contributed by atoms with Crippen molar-refractivity contribution in [2.75, 3.05) is 46.3 Å². The van der Waals surface area contributed by atoms with Gasteiger partial charge in [0.1, 0.15) is 0 Å². The van der Waals surface area contributed by atoms with E-state index >= 15 is 0 Å². The summed E-state index contributed by atoms with van der Waals surface area (Å²) in [5, 5.41) is 0. The van der Waals surface area contributed by atoms with E-state index in [9.17, 15) is 0 Å². The van der Waals surface area contributed by atoms with Gasteiger partial charge in [0, 0.05) is 56.7 Å². The lowest BCUT2D eigenvalue weighted by Gasteiger charge is -2.42. The Bertz CT molecular complexity index is 686. The monoisotopic (exact) mass is 369 g/mol. The normalized spacial score (nSPS) is 22.1. The third kappa shape index (κ3) is 4.57. The van der Waals surface area contributed by atoms with Crippen LogP contribution in [0.3, 0.4) is 0 Å². The van der Waals surface area contributed by atoms with E-state index < -0.39 is 0 Å². The highest BCUT2D eigenvalue weighted by atomic mass is 16.3. The van der Waals surface area contributed by atoms with Crippen molar-refractivity contribution < 1.29 is 4.42 Å². The summed E-state index contributed by atoms with van der Waals surface area (Å²) in [6, 6.07) is 4.46. The summed E-state index contributed by atoms with van der Waals surface area (Å²) < 4.78 is 5.36. The maximum absolute atomic E-state index is 5.36. The zero-order valence-corrected chi connectivity index (χ0v) is 16.5. The summed E-state index contributed by atoms with van der Waals surface area (Å²) in [5.74, 6) is 2.20. The van der Waals surface area contributed by atoms with E-state index in [0.717, 1.165) is 18.2 Å². The fourth-order valence-electron chi connectivity index (χ4n) is 4.35. The molecule has 2 aliphatic rings. The number of likely N-dealkylation sites (tertiary alicyclic amines) is 1. The first-order chi connectivity index (χ1) is 13.2. The number of aromatic nitrogens is 2. The fraction of sp³-hybridized carbons (Fsp3) is 0.619. The van der Waals surface area contributed by atoms with Crippen LogP contribution in [-0.4, -0.2) is 77.0 Å². The minimum atomic E-state index is 0.656. The van der Waals surface area contributed by atoms with Crippen molar-refractivity contribution in [2.24, 2.45) is 5.92 Å². The standard InChI is InChI=1S/C21H31N5O/c1-17(26-11-9-24(2)10-12-26)19-5-7-25(8-6-19)16-18-14-22-21(23-15-18)20-4-3-13-27-20/h3-4,13-15,17,19H,5-12,16H2,1-2H3. The van der Waals surface area contributed by atoms with Crippen molar-refractivity contribution in [2.45, 2.75) is 32.4 Å². The van der Waals surface area contributed by atoms with Gasteiger partial charge in [-0.15, -0.1) is 0 Å². The molecule has 2 aromatic heterocycles. The van der Waals surface area contributed by atoms with Gasteiger partial charge in [0.2, 0.25) is 0 Å². The molecule has 4 rings (SSSR count). The number of piperidine rings is 1. The second-order valence-corrected chi connectivity index (χ2v) is 8.09. The first-order valence-electron chi connectivity index (χ1n) is 10.2. The molecule has 0 N–H and O–H groups in total. The number of likely N-dealkylation sites (N-methyl/N-ethyl adjacent to an activating group) is 1. The Labute approximate surface area is 162 Å². The molecule has 2 aliphatic heterocycles. The van der Waals surface area contributed by atoms with Crippen LogP contribution in [0.4, 0.5) is 0 Å². The summed E-state index contributed by atoms with van der Waals surface area (Å²) in [5.41, 5.74) is 1.18. The molecule has 0 aromatic carbocycles. The van der Waals surface area contributed by atoms with Crippen LogP contribution in [0.1, 0.15) is 25.3 Å². The second-order valence-electron chi connectivity index (χ2n) is 8.09. The molecule has 2 aromatic rings. The maximum Gasteiger partial charge on any atom is 0.195 e. The van der Waals surface area contributed by atoms with Crippen LogP contribution in [-0.2, 0) is 6.54 Å². The molecule has 146 valence electrons. The molecule has 2 saturated heterocycles. The van der Waals surface area contributed by atoms with Gasteiger partial charge in [-0.1, -0.05) is 0 Å². The van der Waals surface area contributed by atoms with Gasteiger partial charge in [-0.2, -0.15) is 0 Å². The fourth-order valence-corrected chi connectivity index (χ4v) is 4.35. The van der Waals surface area contributed by atoms with E-state index in [0.29, 0.717) is 11.9 Å². The Morgan fingerprint density at radius 3 is 2.41 bits per heavy atom. The van der Waals surface area contributed by atoms with Crippen LogP contribution in [0.25, 0.3) is 11.6 Å². The molecule has 6 heteroatoms. The summed E-state index contributed by atoms with van der Waals surface area (Å²) >= 11 is 0. The highest BCUT2D eigenvalue weighted by Crippen LogP contribution is 2.25. The van der Waals surface area contributed by atoms with Crippen LogP contribution in [0.5, 0.6) is 0 Å². The summed E-state index contributed by atoms with van der Waals surface area (Å²) in [6.45, 7) is 10.6. The Hall–Kier alpha value is -1.76. The molecule has 0 spiro atoms. The van der Waals surface area contributed by atoms with Crippen LogP contribution >= 0.6 is 0 Å². The van der Waals surface area contributed by atoms with Crippen LogP contribution in [0.2, 0.25) is 0 Å². The van der Waals surface area contributed by atoms with Gasteiger partial charge < -0.3 is 9.32 Å². The van der Waals surface area contributed by atoms with Gasteiger partial charge in [0.05, 0.1) is 6.26 Å². The van der Waals surface area contributed by atoms with E-state index in [2.05, 4.69) is 38.6 Å². The molecule has 1 unspecified atom stereocenters. The molecule has 2 fully saturated rings. The first kappa shape index (κ1) is 18.6. The van der Waals surface area contributed by atoms with Crippen molar-refractivity contribution >= 4 is 0 Å². The first-order valence-corrected chi connectivity index (χ1v) is 10.2.